The lowest BCUT2D eigenvalue weighted by atomic mass is 9.72. The van der Waals surface area contributed by atoms with Gasteiger partial charge in [-0.2, -0.15) is 0 Å². The fraction of sp³-hybridized carbons (Fsp3) is 0.486. The van der Waals surface area contributed by atoms with E-state index in [2.05, 4.69) is 60.2 Å². The molecule has 6 rings (SSSR count). The number of hydrogen-bond acceptors (Lipinski definition) is 4. The summed E-state index contributed by atoms with van der Waals surface area (Å²) in [5, 5.41) is 2.74. The maximum absolute atomic E-state index is 13.7. The summed E-state index contributed by atoms with van der Waals surface area (Å²) in [5.74, 6) is 0.651. The first kappa shape index (κ1) is 30.2. The minimum Gasteiger partial charge on any atom is -0.453 e. The SMILES string of the molecule is C=C(C)c1ccc(-c2ccc(-c3cnc(C4CCCN4C(=O)C(NC(=O)OC)C(C)C)[nH]3)c3c2CC2(CCCCC2)C3)cc1. The van der Waals surface area contributed by atoms with Gasteiger partial charge in [-0.25, -0.2) is 9.78 Å². The lowest BCUT2D eigenvalue weighted by molar-refractivity contribution is -0.135. The number of nitrogens with zero attached hydrogens (tertiary/aromatic N) is 2. The minimum atomic E-state index is -0.649. The van der Waals surface area contributed by atoms with Gasteiger partial charge in [0.25, 0.3) is 0 Å². The summed E-state index contributed by atoms with van der Waals surface area (Å²) in [6.07, 6.45) is 11.9. The Balaban J connectivity index is 1.32. The van der Waals surface area contributed by atoms with Gasteiger partial charge in [-0.1, -0.05) is 81.7 Å². The van der Waals surface area contributed by atoms with Gasteiger partial charge < -0.3 is 19.9 Å². The summed E-state index contributed by atoms with van der Waals surface area (Å²) >= 11 is 0. The summed E-state index contributed by atoms with van der Waals surface area (Å²) in [6.45, 7) is 10.7. The third-order valence-corrected chi connectivity index (χ3v) is 10.3. The van der Waals surface area contributed by atoms with Gasteiger partial charge in [-0.05, 0) is 84.6 Å². The number of alkyl carbamates (subject to hydrolysis) is 1. The first-order valence-corrected chi connectivity index (χ1v) is 16.3. The van der Waals surface area contributed by atoms with E-state index < -0.39 is 12.1 Å². The number of aromatic nitrogens is 2. The Kier molecular flexibility index (Phi) is 8.40. The zero-order valence-corrected chi connectivity index (χ0v) is 26.7. The average Bonchev–Trinajstić information content (AvgIpc) is 3.78. The zero-order chi connectivity index (χ0) is 31.0. The topological polar surface area (TPSA) is 87.3 Å². The van der Waals surface area contributed by atoms with Gasteiger partial charge in [0.05, 0.1) is 25.0 Å². The highest BCUT2D eigenvalue weighted by Crippen LogP contribution is 2.52. The number of amides is 2. The molecule has 7 nitrogen and oxygen atoms in total. The van der Waals surface area contributed by atoms with Gasteiger partial charge in [0.2, 0.25) is 5.91 Å². The molecule has 2 atom stereocenters. The average molecular weight is 595 g/mol. The standard InChI is InChI=1S/C37H46N4O3/c1-23(2)25-11-13-26(14-12-25)27-15-16-28(30-21-37(20-29(27)30)17-7-6-8-18-37)31-22-38-34(39-31)32-10-9-19-41(32)35(42)33(24(3)4)40-36(43)44-5/h11-16,22,24,32-33H,1,6-10,17-21H2,2-5H3,(H,38,39)(H,40,43). The molecule has 3 aromatic rings. The van der Waals surface area contributed by atoms with Gasteiger partial charge in [-0.3, -0.25) is 4.79 Å². The molecule has 1 saturated carbocycles. The van der Waals surface area contributed by atoms with E-state index in [0.29, 0.717) is 12.0 Å². The number of H-pyrrole nitrogens is 1. The van der Waals surface area contributed by atoms with E-state index >= 15 is 0 Å². The predicted octanol–water partition coefficient (Wildman–Crippen LogP) is 7.87. The number of likely N-dealkylation sites (tertiary alicyclic amines) is 1. The van der Waals surface area contributed by atoms with E-state index in [1.54, 1.807) is 0 Å². The summed E-state index contributed by atoms with van der Waals surface area (Å²) in [5.41, 5.74) is 10.4. The van der Waals surface area contributed by atoms with Crippen LogP contribution in [0.1, 0.15) is 94.3 Å². The number of allylic oxidation sites excluding steroid dienone is 1. The maximum atomic E-state index is 13.7. The molecule has 0 bridgehead atoms. The smallest absolute Gasteiger partial charge is 0.407 e. The van der Waals surface area contributed by atoms with Crippen LogP contribution in [-0.2, 0) is 22.4 Å². The van der Waals surface area contributed by atoms with Gasteiger partial charge >= 0.3 is 6.09 Å². The van der Waals surface area contributed by atoms with Crippen LogP contribution in [0, 0.1) is 11.3 Å². The molecule has 2 aromatic carbocycles. The van der Waals surface area contributed by atoms with Crippen molar-refractivity contribution in [2.24, 2.45) is 11.3 Å². The molecule has 1 aliphatic heterocycles. The fourth-order valence-corrected chi connectivity index (χ4v) is 7.86. The molecule has 0 radical (unpaired) electrons. The van der Waals surface area contributed by atoms with E-state index in [9.17, 15) is 9.59 Å². The van der Waals surface area contributed by atoms with E-state index in [1.807, 2.05) is 24.9 Å². The predicted molar refractivity (Wildman–Crippen MR) is 175 cm³/mol. The van der Waals surface area contributed by atoms with Crippen molar-refractivity contribution in [3.63, 3.8) is 0 Å². The lowest BCUT2D eigenvalue weighted by Gasteiger charge is -2.33. The van der Waals surface area contributed by atoms with Crippen LogP contribution >= 0.6 is 0 Å². The molecule has 7 heteroatoms. The summed E-state index contributed by atoms with van der Waals surface area (Å²) in [4.78, 5) is 36.0. The normalized spacial score (nSPS) is 19.7. The molecule has 2 unspecified atom stereocenters. The first-order valence-electron chi connectivity index (χ1n) is 16.3. The second-order valence-electron chi connectivity index (χ2n) is 13.6. The Morgan fingerprint density at radius 1 is 1.02 bits per heavy atom. The van der Waals surface area contributed by atoms with Crippen LogP contribution in [0.4, 0.5) is 4.79 Å². The molecule has 2 N–H and O–H groups in total. The molecular weight excluding hydrogens is 548 g/mol. The van der Waals surface area contributed by atoms with Crippen molar-refractivity contribution in [1.29, 1.82) is 0 Å². The number of nitrogens with one attached hydrogen (secondary N) is 2. The largest absolute Gasteiger partial charge is 0.453 e. The Morgan fingerprint density at radius 2 is 1.70 bits per heavy atom. The molecule has 3 aliphatic rings. The number of rotatable bonds is 7. The number of ether oxygens (including phenoxy) is 1. The Bertz CT molecular complexity index is 1550. The number of methoxy groups -OCH3 is 1. The number of fused-ring (bicyclic) bond motifs is 1. The van der Waals surface area contributed by atoms with Gasteiger partial charge in [-0.15, -0.1) is 0 Å². The van der Waals surface area contributed by atoms with Crippen molar-refractivity contribution < 1.29 is 14.3 Å². The molecule has 232 valence electrons. The number of carbonyl (C=O) groups excluding carboxylic acids is 2. The highest BCUT2D eigenvalue weighted by Gasteiger charge is 2.41. The zero-order valence-electron chi connectivity index (χ0n) is 26.7. The van der Waals surface area contributed by atoms with Crippen molar-refractivity contribution in [2.75, 3.05) is 13.7 Å². The van der Waals surface area contributed by atoms with Crippen molar-refractivity contribution in [3.05, 3.63) is 71.7 Å². The van der Waals surface area contributed by atoms with Gasteiger partial charge in [0, 0.05) is 12.1 Å². The second-order valence-corrected chi connectivity index (χ2v) is 13.6. The number of benzene rings is 2. The first-order chi connectivity index (χ1) is 21.2. The van der Waals surface area contributed by atoms with Crippen LogP contribution in [-0.4, -0.2) is 46.6 Å². The van der Waals surface area contributed by atoms with Crippen molar-refractivity contribution >= 4 is 17.6 Å². The van der Waals surface area contributed by atoms with E-state index in [0.717, 1.165) is 42.8 Å². The fourth-order valence-electron chi connectivity index (χ4n) is 7.86. The van der Waals surface area contributed by atoms with Crippen molar-refractivity contribution in [3.8, 4) is 22.4 Å². The molecule has 2 amide bonds. The number of carbonyl (C=O) groups is 2. The molecule has 2 aliphatic carbocycles. The quantitative estimate of drug-likeness (QED) is 0.291. The highest BCUT2D eigenvalue weighted by molar-refractivity contribution is 5.86. The Morgan fingerprint density at radius 3 is 2.36 bits per heavy atom. The van der Waals surface area contributed by atoms with Crippen LogP contribution < -0.4 is 5.32 Å². The monoisotopic (exact) mass is 594 g/mol. The van der Waals surface area contributed by atoms with E-state index in [1.165, 1.54) is 72.6 Å². The van der Waals surface area contributed by atoms with Crippen molar-refractivity contribution in [1.82, 2.24) is 20.2 Å². The number of hydrogen-bond donors (Lipinski definition) is 2. The summed E-state index contributed by atoms with van der Waals surface area (Å²) in [7, 11) is 1.32. The third kappa shape index (κ3) is 5.69. The van der Waals surface area contributed by atoms with Gasteiger partial charge in [0.15, 0.2) is 0 Å². The van der Waals surface area contributed by atoms with Crippen LogP contribution in [0.15, 0.2) is 49.2 Å². The molecule has 2 heterocycles. The highest BCUT2D eigenvalue weighted by atomic mass is 16.5. The van der Waals surface area contributed by atoms with Crippen LogP contribution in [0.25, 0.3) is 28.0 Å². The summed E-state index contributed by atoms with van der Waals surface area (Å²) < 4.78 is 4.79. The maximum Gasteiger partial charge on any atom is 0.407 e. The minimum absolute atomic E-state index is 0.0692. The number of imidazole rings is 1. The third-order valence-electron chi connectivity index (χ3n) is 10.3. The van der Waals surface area contributed by atoms with Gasteiger partial charge in [0.1, 0.15) is 11.9 Å². The van der Waals surface area contributed by atoms with Crippen LogP contribution in [0.5, 0.6) is 0 Å². The van der Waals surface area contributed by atoms with Crippen LogP contribution in [0.3, 0.4) is 0 Å². The van der Waals surface area contributed by atoms with Crippen LogP contribution in [0.2, 0.25) is 0 Å². The molecule has 44 heavy (non-hydrogen) atoms. The summed E-state index contributed by atoms with van der Waals surface area (Å²) in [6, 6.07) is 12.6. The number of aromatic amines is 1. The van der Waals surface area contributed by atoms with E-state index in [4.69, 9.17) is 9.72 Å². The van der Waals surface area contributed by atoms with E-state index in [-0.39, 0.29) is 17.9 Å². The molecule has 1 spiro atoms. The molecule has 1 aromatic heterocycles. The lowest BCUT2D eigenvalue weighted by Crippen LogP contribution is -2.51. The Hall–Kier alpha value is -3.87. The molecular formula is C37H46N4O3. The second kappa shape index (κ2) is 12.3. The van der Waals surface area contributed by atoms with Crippen molar-refractivity contribution in [2.45, 2.75) is 90.6 Å². The Labute approximate surface area is 261 Å². The molecule has 2 fully saturated rings. The molecule has 1 saturated heterocycles.